The Bertz CT molecular complexity index is 1150. The largest absolute Gasteiger partial charge is 0.268 e. The second-order valence-corrected chi connectivity index (χ2v) is 6.71. The van der Waals surface area contributed by atoms with Crippen LogP contribution in [0.1, 0.15) is 26.3 Å². The maximum Gasteiger partial charge on any atom is 0.265 e. The molecule has 0 bridgehead atoms. The molecule has 3 nitrogen and oxygen atoms in total. The summed E-state index contributed by atoms with van der Waals surface area (Å²) in [5.41, 5.74) is 2.56. The smallest absolute Gasteiger partial charge is 0.265 e. The maximum atomic E-state index is 13.4. The fraction of sp³-hybridized carbons (Fsp3) is 0.0400. The third-order valence-electron chi connectivity index (χ3n) is 4.72. The lowest BCUT2D eigenvalue weighted by Crippen LogP contribution is -2.37. The van der Waals surface area contributed by atoms with Gasteiger partial charge >= 0.3 is 0 Å². The average molecular weight is 365 g/mol. The quantitative estimate of drug-likeness (QED) is 0.441. The summed E-state index contributed by atoms with van der Waals surface area (Å²) < 4.78 is 0. The van der Waals surface area contributed by atoms with Gasteiger partial charge in [0.1, 0.15) is 0 Å². The number of aryl methyl sites for hydroxylation is 1. The highest BCUT2D eigenvalue weighted by Gasteiger charge is 2.26. The number of amides is 2. The summed E-state index contributed by atoms with van der Waals surface area (Å²) in [6, 6.07) is 29.6. The van der Waals surface area contributed by atoms with Gasteiger partial charge in [0.2, 0.25) is 0 Å². The third-order valence-corrected chi connectivity index (χ3v) is 4.72. The van der Waals surface area contributed by atoms with Crippen LogP contribution in [0, 0.1) is 6.92 Å². The van der Waals surface area contributed by atoms with Crippen LogP contribution in [0.25, 0.3) is 10.8 Å². The van der Waals surface area contributed by atoms with Crippen LogP contribution in [-0.4, -0.2) is 11.8 Å². The fourth-order valence-electron chi connectivity index (χ4n) is 3.18. The lowest BCUT2D eigenvalue weighted by molar-refractivity contribution is 0.0897. The van der Waals surface area contributed by atoms with Gasteiger partial charge in [0.25, 0.3) is 11.8 Å². The Labute approximate surface area is 163 Å². The van der Waals surface area contributed by atoms with Crippen LogP contribution in [0.3, 0.4) is 0 Å². The molecule has 0 aromatic heterocycles. The van der Waals surface area contributed by atoms with Crippen molar-refractivity contribution in [1.29, 1.82) is 0 Å². The van der Waals surface area contributed by atoms with Gasteiger partial charge in [-0.2, -0.15) is 0 Å². The van der Waals surface area contributed by atoms with Crippen molar-refractivity contribution in [3.05, 3.63) is 114 Å². The molecule has 4 aromatic carbocycles. The number of hydrogen-bond acceptors (Lipinski definition) is 2. The molecule has 0 atom stereocenters. The normalized spacial score (nSPS) is 10.6. The number of nitrogens with zero attached hydrogens (tertiary/aromatic N) is 1. The van der Waals surface area contributed by atoms with Gasteiger partial charge in [-0.05, 0) is 54.1 Å². The first-order chi connectivity index (χ1) is 13.6. The topological polar surface area (TPSA) is 37.4 Å². The number of carbonyl (C=O) groups is 2. The predicted molar refractivity (Wildman–Crippen MR) is 113 cm³/mol. The van der Waals surface area contributed by atoms with Crippen molar-refractivity contribution in [3.8, 4) is 0 Å². The summed E-state index contributed by atoms with van der Waals surface area (Å²) >= 11 is 0. The Morgan fingerprint density at radius 2 is 1.21 bits per heavy atom. The Kier molecular flexibility index (Phi) is 4.73. The van der Waals surface area contributed by atoms with Crippen molar-refractivity contribution in [2.45, 2.75) is 6.92 Å². The van der Waals surface area contributed by atoms with Crippen molar-refractivity contribution in [3.63, 3.8) is 0 Å². The van der Waals surface area contributed by atoms with Crippen LogP contribution in [0.15, 0.2) is 97.1 Å². The van der Waals surface area contributed by atoms with Gasteiger partial charge in [-0.3, -0.25) is 9.59 Å². The molecule has 2 amide bonds. The molecule has 0 spiro atoms. The Morgan fingerprint density at radius 3 is 1.93 bits per heavy atom. The second-order valence-electron chi connectivity index (χ2n) is 6.71. The van der Waals surface area contributed by atoms with Crippen molar-refractivity contribution < 1.29 is 9.59 Å². The minimum Gasteiger partial charge on any atom is -0.268 e. The molecular weight excluding hydrogens is 346 g/mol. The molecule has 0 N–H and O–H groups in total. The summed E-state index contributed by atoms with van der Waals surface area (Å²) in [5, 5.41) is 2.01. The number of carbonyl (C=O) groups excluding carboxylic acids is 2. The molecule has 0 radical (unpaired) electrons. The monoisotopic (exact) mass is 365 g/mol. The third kappa shape index (κ3) is 3.42. The standard InChI is InChI=1S/C25H19NO2/c1-18-11-15-23(16-12-18)26(24(27)20-8-3-2-4-9-20)25(28)22-14-13-19-7-5-6-10-21(19)17-22/h2-17H,1H3. The van der Waals surface area contributed by atoms with Crippen LogP contribution in [-0.2, 0) is 0 Å². The molecule has 0 heterocycles. The van der Waals surface area contributed by atoms with Crippen LogP contribution >= 0.6 is 0 Å². The molecule has 0 fully saturated rings. The first-order valence-corrected chi connectivity index (χ1v) is 9.13. The Hall–Kier alpha value is -3.72. The zero-order valence-electron chi connectivity index (χ0n) is 15.5. The van der Waals surface area contributed by atoms with Gasteiger partial charge in [-0.15, -0.1) is 0 Å². The van der Waals surface area contributed by atoms with E-state index in [4.69, 9.17) is 0 Å². The van der Waals surface area contributed by atoms with E-state index >= 15 is 0 Å². The molecule has 0 aliphatic heterocycles. The highest BCUT2D eigenvalue weighted by molar-refractivity contribution is 6.26. The minimum absolute atomic E-state index is 0.344. The lowest BCUT2D eigenvalue weighted by Gasteiger charge is -2.21. The van der Waals surface area contributed by atoms with E-state index in [0.717, 1.165) is 16.3 Å². The van der Waals surface area contributed by atoms with Crippen LogP contribution in [0.4, 0.5) is 5.69 Å². The van der Waals surface area contributed by atoms with Gasteiger partial charge in [0.15, 0.2) is 0 Å². The summed E-state index contributed by atoms with van der Waals surface area (Å²) in [4.78, 5) is 27.9. The molecular formula is C25H19NO2. The van der Waals surface area contributed by atoms with E-state index in [2.05, 4.69) is 0 Å². The molecule has 136 valence electrons. The molecule has 0 aliphatic carbocycles. The molecule has 3 heteroatoms. The second kappa shape index (κ2) is 7.49. The zero-order valence-corrected chi connectivity index (χ0v) is 15.5. The lowest BCUT2D eigenvalue weighted by atomic mass is 10.1. The van der Waals surface area contributed by atoms with E-state index in [0.29, 0.717) is 16.8 Å². The Morgan fingerprint density at radius 1 is 0.607 bits per heavy atom. The number of benzene rings is 4. The first-order valence-electron chi connectivity index (χ1n) is 9.13. The number of anilines is 1. The summed E-state index contributed by atoms with van der Waals surface area (Å²) in [6.45, 7) is 1.97. The highest BCUT2D eigenvalue weighted by Crippen LogP contribution is 2.23. The molecule has 0 aliphatic rings. The van der Waals surface area contributed by atoms with E-state index in [1.165, 1.54) is 4.90 Å². The van der Waals surface area contributed by atoms with Crippen LogP contribution in [0.2, 0.25) is 0 Å². The van der Waals surface area contributed by atoms with Crippen molar-refractivity contribution in [2.24, 2.45) is 0 Å². The van der Waals surface area contributed by atoms with Crippen LogP contribution < -0.4 is 4.90 Å². The molecule has 0 saturated heterocycles. The van der Waals surface area contributed by atoms with Crippen LogP contribution in [0.5, 0.6) is 0 Å². The first kappa shape index (κ1) is 17.7. The predicted octanol–water partition coefficient (Wildman–Crippen LogP) is 5.64. The van der Waals surface area contributed by atoms with Gasteiger partial charge in [-0.25, -0.2) is 4.90 Å². The number of hydrogen-bond donors (Lipinski definition) is 0. The SMILES string of the molecule is Cc1ccc(N(C(=O)c2ccccc2)C(=O)c2ccc3ccccc3c2)cc1. The number of imide groups is 1. The van der Waals surface area contributed by atoms with E-state index < -0.39 is 0 Å². The molecule has 28 heavy (non-hydrogen) atoms. The van der Waals surface area contributed by atoms with E-state index in [1.54, 1.807) is 42.5 Å². The van der Waals surface area contributed by atoms with Crippen molar-refractivity contribution >= 4 is 28.3 Å². The Balaban J connectivity index is 1.80. The average Bonchev–Trinajstić information content (AvgIpc) is 2.75. The maximum absolute atomic E-state index is 13.4. The van der Waals surface area contributed by atoms with E-state index in [1.807, 2.05) is 61.5 Å². The fourth-order valence-corrected chi connectivity index (χ4v) is 3.18. The van der Waals surface area contributed by atoms with Gasteiger partial charge < -0.3 is 0 Å². The van der Waals surface area contributed by atoms with Gasteiger partial charge in [0.05, 0.1) is 5.69 Å². The summed E-state index contributed by atoms with van der Waals surface area (Å²) in [7, 11) is 0. The zero-order chi connectivity index (χ0) is 19.5. The van der Waals surface area contributed by atoms with E-state index in [9.17, 15) is 9.59 Å². The minimum atomic E-state index is -0.345. The summed E-state index contributed by atoms with van der Waals surface area (Å²) in [6.07, 6.45) is 0. The number of fused-ring (bicyclic) bond motifs is 1. The molecule has 4 rings (SSSR count). The molecule has 4 aromatic rings. The van der Waals surface area contributed by atoms with E-state index in [-0.39, 0.29) is 11.8 Å². The molecule has 0 unspecified atom stereocenters. The molecule has 0 saturated carbocycles. The number of rotatable bonds is 3. The van der Waals surface area contributed by atoms with Gasteiger partial charge in [0, 0.05) is 11.1 Å². The van der Waals surface area contributed by atoms with Crippen molar-refractivity contribution in [2.75, 3.05) is 4.90 Å². The van der Waals surface area contributed by atoms with Gasteiger partial charge in [-0.1, -0.05) is 66.2 Å². The summed E-state index contributed by atoms with van der Waals surface area (Å²) in [5.74, 6) is -0.689. The van der Waals surface area contributed by atoms with Crippen molar-refractivity contribution in [1.82, 2.24) is 0 Å². The highest BCUT2D eigenvalue weighted by atomic mass is 16.2.